The Morgan fingerprint density at radius 2 is 0.522 bits per heavy atom. The first kappa shape index (κ1) is 73.9. The number of rotatable bonds is 6. The van der Waals surface area contributed by atoms with E-state index < -0.39 is 7.82 Å². The zero-order chi connectivity index (χ0) is 67.7. The number of hydrogen-bond donors (Lipinski definition) is 10. The number of hydrogen-bond acceptors (Lipinski definition) is 8. The van der Waals surface area contributed by atoms with Crippen molar-refractivity contribution in [3.63, 3.8) is 0 Å². The highest BCUT2D eigenvalue weighted by atomic mass is 35.5. The average molecular weight is 1350 g/mol. The molecule has 0 spiro atoms. The summed E-state index contributed by atoms with van der Waals surface area (Å²) in [7, 11) is -4.64. The third kappa shape index (κ3) is 18.7. The van der Waals surface area contributed by atoms with Gasteiger partial charge >= 0.3 is 7.82 Å². The van der Waals surface area contributed by atoms with Gasteiger partial charge in [-0.3, -0.25) is 0 Å². The highest BCUT2D eigenvalue weighted by molar-refractivity contribution is 7.45. The number of nitrogens with one attached hydrogen (secondary N) is 3. The molecule has 9 rings (SSSR count). The molecule has 3 aliphatic rings. The number of nitrogens with two attached hydrogens (primary N) is 3. The predicted molar refractivity (Wildman–Crippen MR) is 386 cm³/mol. The van der Waals surface area contributed by atoms with Crippen LogP contribution in [-0.4, -0.2) is 43.0 Å². The second-order valence-corrected chi connectivity index (χ2v) is 26.0. The van der Waals surface area contributed by atoms with Gasteiger partial charge in [0.1, 0.15) is 0 Å². The summed E-state index contributed by atoms with van der Waals surface area (Å²) in [5.41, 5.74) is 45.2. The van der Waals surface area contributed by atoms with Crippen LogP contribution in [0.25, 0.3) is 16.7 Å². The number of phosphoric acid groups is 1. The van der Waals surface area contributed by atoms with Crippen LogP contribution in [0.5, 0.6) is 0 Å². The van der Waals surface area contributed by atoms with Crippen LogP contribution < -0.4 is 17.2 Å². The SMILES string of the molecule is CC(C)O.CC1=CC(=C(c2cc(C)c(N)c(C)c2)c2c(Cl)cccc2Cl)C=C(C)C1=N.CC1=CC(=C(c2cc(C)c(N)c(C)c2)c2c(Cl)cccc2Cl)C=C(C)C1=N.CC1=CC(=C(c2cc(C)c(N)c(C)c2)c2c(Cl)cccc2Cl)C=C(C)C1=N.O=P(O)(O)O. The predicted octanol–water partition coefficient (Wildman–Crippen LogP) is 20.2. The van der Waals surface area contributed by atoms with E-state index in [1.807, 2.05) is 174 Å². The summed E-state index contributed by atoms with van der Waals surface area (Å²) in [6.45, 7) is 27.1. The molecule has 6 aromatic carbocycles. The lowest BCUT2D eigenvalue weighted by Gasteiger charge is -2.20. The fraction of sp³-hybridized carbons (Fsp3) is 0.208. The molecule has 0 radical (unpaired) electrons. The van der Waals surface area contributed by atoms with E-state index in [4.69, 9.17) is 127 Å². The molecule has 3 aliphatic carbocycles. The van der Waals surface area contributed by atoms with Gasteiger partial charge in [0, 0.05) is 70.0 Å². The number of allylic oxidation sites excluding steroid dienone is 15. The number of benzene rings is 6. The first-order chi connectivity index (χ1) is 41.8. The molecular weight excluding hydrogens is 1270 g/mol. The molecule has 0 unspecified atom stereocenters. The van der Waals surface area contributed by atoms with Gasteiger partial charge in [-0.25, -0.2) is 4.57 Å². The third-order valence-corrected chi connectivity index (χ3v) is 16.6. The summed E-state index contributed by atoms with van der Waals surface area (Å²) in [4.78, 5) is 21.6. The van der Waals surface area contributed by atoms with E-state index in [1.54, 1.807) is 13.8 Å². The van der Waals surface area contributed by atoms with Crippen LogP contribution in [-0.2, 0) is 4.57 Å². The second kappa shape index (κ2) is 31.5. The summed E-state index contributed by atoms with van der Waals surface area (Å²) >= 11 is 39.5. The Morgan fingerprint density at radius 1 is 0.378 bits per heavy atom. The van der Waals surface area contributed by atoms with Crippen LogP contribution in [0.3, 0.4) is 0 Å². The Bertz CT molecular complexity index is 3630. The molecule has 13 N–H and O–H groups in total. The minimum atomic E-state index is -4.64. The van der Waals surface area contributed by atoms with Gasteiger partial charge in [0.25, 0.3) is 0 Å². The van der Waals surface area contributed by atoms with E-state index in [9.17, 15) is 0 Å². The maximum Gasteiger partial charge on any atom is 0.466 e. The van der Waals surface area contributed by atoms with E-state index in [0.29, 0.717) is 47.3 Å². The number of aryl methyl sites for hydroxylation is 6. The molecule has 0 aromatic heterocycles. The summed E-state index contributed by atoms with van der Waals surface area (Å²) in [5, 5.41) is 36.2. The van der Waals surface area contributed by atoms with Crippen LogP contribution >= 0.6 is 77.4 Å². The van der Waals surface area contributed by atoms with Crippen molar-refractivity contribution in [3.05, 3.63) is 275 Å². The fourth-order valence-electron chi connectivity index (χ4n) is 10.3. The topological polar surface area (TPSA) is 248 Å². The maximum absolute atomic E-state index is 8.88. The lowest BCUT2D eigenvalue weighted by atomic mass is 9.85. The Hall–Kier alpha value is -6.80. The molecule has 11 nitrogen and oxygen atoms in total. The molecule has 0 amide bonds. The molecule has 0 fully saturated rings. The summed E-state index contributed by atoms with van der Waals surface area (Å²) in [5.74, 6) is 0. The molecule has 0 heterocycles. The van der Waals surface area contributed by atoms with Crippen molar-refractivity contribution in [1.29, 1.82) is 16.2 Å². The number of nitrogen functional groups attached to an aromatic ring is 3. The van der Waals surface area contributed by atoms with Crippen LogP contribution in [0.15, 0.2) is 178 Å². The van der Waals surface area contributed by atoms with Crippen molar-refractivity contribution in [2.75, 3.05) is 17.2 Å². The normalized spacial score (nSPS) is 13.8. The van der Waals surface area contributed by atoms with Gasteiger partial charge in [-0.05, 0) is 323 Å². The molecule has 0 saturated carbocycles. The van der Waals surface area contributed by atoms with Crippen molar-refractivity contribution in [1.82, 2.24) is 0 Å². The number of anilines is 3. The smallest absolute Gasteiger partial charge is 0.398 e. The lowest BCUT2D eigenvalue weighted by Crippen LogP contribution is -2.07. The second-order valence-electron chi connectivity index (χ2n) is 22.5. The monoisotopic (exact) mass is 1350 g/mol. The molecule has 90 heavy (non-hydrogen) atoms. The molecule has 0 saturated heterocycles. The molecule has 0 bridgehead atoms. The molecule has 0 aliphatic heterocycles. The Labute approximate surface area is 559 Å². The zero-order valence-corrected chi connectivity index (χ0v) is 58.3. The van der Waals surface area contributed by atoms with E-state index in [-0.39, 0.29) is 6.10 Å². The minimum absolute atomic E-state index is 0.167. The maximum atomic E-state index is 8.88. The Morgan fingerprint density at radius 3 is 0.667 bits per heavy atom. The van der Waals surface area contributed by atoms with Gasteiger partial charge in [-0.15, -0.1) is 0 Å². The summed E-state index contributed by atoms with van der Waals surface area (Å²) in [6, 6.07) is 29.0. The van der Waals surface area contributed by atoms with Gasteiger partial charge in [0.15, 0.2) is 0 Å². The molecule has 472 valence electrons. The molecule has 6 aromatic rings. The van der Waals surface area contributed by atoms with Crippen molar-refractivity contribution >= 4 is 128 Å². The molecule has 0 atom stereocenters. The van der Waals surface area contributed by atoms with E-state index in [1.165, 1.54) is 0 Å². The largest absolute Gasteiger partial charge is 0.466 e. The number of aliphatic hydroxyl groups is 1. The number of halogens is 6. The van der Waals surface area contributed by atoms with Gasteiger partial charge in [0.05, 0.1) is 17.1 Å². The van der Waals surface area contributed by atoms with Crippen LogP contribution in [0, 0.1) is 57.8 Å². The Kier molecular flexibility index (Phi) is 25.9. The summed E-state index contributed by atoms with van der Waals surface area (Å²) in [6.07, 6.45) is 11.9. The van der Waals surface area contributed by atoms with E-state index in [2.05, 4.69) is 36.4 Å². The lowest BCUT2D eigenvalue weighted by molar-refractivity contribution is 0.216. The van der Waals surface area contributed by atoms with E-state index in [0.717, 1.165) is 151 Å². The van der Waals surface area contributed by atoms with E-state index >= 15 is 0 Å². The standard InChI is InChI=1S/3C23H22Cl2N2.C3H8O.H3O4P/c3*1-12-8-16(9-13(2)22(12)26)20(21-18(24)6-5-7-19(21)25)17-10-14(3)23(27)15(4)11-17;1-3(2)4;1-5(2,3)4/h3*5-11,26H,27H2,1-4H3;3-4H,1-2H3;(H3,1,2,3,4). The fourth-order valence-corrected chi connectivity index (χ4v) is 12.0. The highest BCUT2D eigenvalue weighted by Crippen LogP contribution is 2.44. The quantitative estimate of drug-likeness (QED) is 0.0566. The minimum Gasteiger partial charge on any atom is -0.398 e. The van der Waals surface area contributed by atoms with Crippen molar-refractivity contribution < 1.29 is 24.4 Å². The third-order valence-electron chi connectivity index (χ3n) is 14.7. The molecular formula is C72H77Cl6N6O5P. The zero-order valence-electron chi connectivity index (χ0n) is 52.8. The first-order valence-electron chi connectivity index (χ1n) is 28.4. The average Bonchev–Trinajstić information content (AvgIpc) is 1.03. The van der Waals surface area contributed by atoms with Gasteiger partial charge in [-0.2, -0.15) is 0 Å². The van der Waals surface area contributed by atoms with Gasteiger partial charge < -0.3 is 53.2 Å². The van der Waals surface area contributed by atoms with Crippen LogP contribution in [0.2, 0.25) is 30.1 Å². The number of aliphatic hydroxyl groups excluding tert-OH is 1. The van der Waals surface area contributed by atoms with Gasteiger partial charge in [0.2, 0.25) is 0 Å². The van der Waals surface area contributed by atoms with Crippen LogP contribution in [0.4, 0.5) is 17.1 Å². The van der Waals surface area contributed by atoms with Crippen LogP contribution in [0.1, 0.15) is 122 Å². The highest BCUT2D eigenvalue weighted by Gasteiger charge is 2.24. The Balaban J connectivity index is 0.000000229. The first-order valence-corrected chi connectivity index (χ1v) is 32.2. The van der Waals surface area contributed by atoms with Crippen molar-refractivity contribution in [2.45, 2.75) is 103 Å². The van der Waals surface area contributed by atoms with Crippen molar-refractivity contribution in [2.24, 2.45) is 0 Å². The molecule has 18 heteroatoms. The van der Waals surface area contributed by atoms with Gasteiger partial charge in [-0.1, -0.05) is 87.8 Å². The summed E-state index contributed by atoms with van der Waals surface area (Å²) < 4.78 is 8.88. The van der Waals surface area contributed by atoms with Crippen molar-refractivity contribution in [3.8, 4) is 0 Å².